The zero-order valence-corrected chi connectivity index (χ0v) is 21.2. The number of carbonyl (C=O) groups is 1. The second-order valence-electron chi connectivity index (χ2n) is 10.7. The van der Waals surface area contributed by atoms with Crippen LogP contribution in [0, 0.1) is 5.41 Å². The highest BCUT2D eigenvalue weighted by Gasteiger charge is 2.36. The Hall–Kier alpha value is -3.19. The van der Waals surface area contributed by atoms with Gasteiger partial charge in [0, 0.05) is 25.0 Å². The van der Waals surface area contributed by atoms with E-state index in [9.17, 15) is 9.59 Å². The molecule has 1 aromatic heterocycles. The van der Waals surface area contributed by atoms with Crippen LogP contribution in [0.1, 0.15) is 50.9 Å². The molecule has 2 heterocycles. The number of hydrogen-bond donors (Lipinski definition) is 1. The molecule has 0 saturated carbocycles. The van der Waals surface area contributed by atoms with Gasteiger partial charge in [-0.05, 0) is 49.5 Å². The van der Waals surface area contributed by atoms with Gasteiger partial charge < -0.3 is 15.0 Å². The Morgan fingerprint density at radius 1 is 1.11 bits per heavy atom. The minimum atomic E-state index is -0.417. The number of amides is 1. The minimum absolute atomic E-state index is 0.0245. The third kappa shape index (κ3) is 6.09. The summed E-state index contributed by atoms with van der Waals surface area (Å²) in [5, 5.41) is 3.55. The van der Waals surface area contributed by atoms with E-state index < -0.39 is 6.09 Å². The summed E-state index contributed by atoms with van der Waals surface area (Å²) in [6.07, 6.45) is 1.26. The number of benzene rings is 2. The van der Waals surface area contributed by atoms with Gasteiger partial charge in [0.2, 0.25) is 0 Å². The summed E-state index contributed by atoms with van der Waals surface area (Å²) < 4.78 is 7.24. The Bertz CT molecular complexity index is 1220. The average Bonchev–Trinajstić information content (AvgIpc) is 3.19. The molecule has 1 aliphatic rings. The van der Waals surface area contributed by atoms with Crippen LogP contribution in [-0.4, -0.2) is 46.7 Å². The first-order valence-electron chi connectivity index (χ1n) is 12.4. The van der Waals surface area contributed by atoms with Crippen LogP contribution in [0.4, 0.5) is 4.79 Å². The maximum atomic E-state index is 13.5. The SMILES string of the molecule is CN1CCC(c2nc3ccccc3c(=O)n2CC(C)(C)C)C1CCNC(=O)OCc1ccccc1. The lowest BCUT2D eigenvalue weighted by Gasteiger charge is -2.29. The Morgan fingerprint density at radius 2 is 1.83 bits per heavy atom. The smallest absolute Gasteiger partial charge is 0.407 e. The van der Waals surface area contributed by atoms with Crippen molar-refractivity contribution in [1.29, 1.82) is 0 Å². The number of para-hydroxylation sites is 1. The summed E-state index contributed by atoms with van der Waals surface area (Å²) in [5.74, 6) is 0.964. The van der Waals surface area contributed by atoms with Gasteiger partial charge in [0.05, 0.1) is 10.9 Å². The van der Waals surface area contributed by atoms with E-state index in [1.165, 1.54) is 0 Å². The van der Waals surface area contributed by atoms with E-state index in [2.05, 4.69) is 38.0 Å². The fourth-order valence-corrected chi connectivity index (χ4v) is 4.92. The van der Waals surface area contributed by atoms with Crippen LogP contribution in [0.15, 0.2) is 59.4 Å². The number of nitrogens with one attached hydrogen (secondary N) is 1. The van der Waals surface area contributed by atoms with E-state index in [1.807, 2.05) is 59.2 Å². The molecule has 0 spiro atoms. The van der Waals surface area contributed by atoms with Crippen LogP contribution in [0.3, 0.4) is 0 Å². The molecule has 4 rings (SSSR count). The number of rotatable bonds is 7. The Morgan fingerprint density at radius 3 is 2.57 bits per heavy atom. The molecule has 1 amide bonds. The van der Waals surface area contributed by atoms with Crippen molar-refractivity contribution < 1.29 is 9.53 Å². The summed E-state index contributed by atoms with van der Waals surface area (Å²) in [6.45, 7) is 8.70. The predicted octanol–water partition coefficient (Wildman–Crippen LogP) is 4.55. The number of fused-ring (bicyclic) bond motifs is 1. The number of ether oxygens (including phenoxy) is 1. The molecule has 2 aromatic carbocycles. The van der Waals surface area contributed by atoms with Gasteiger partial charge in [-0.3, -0.25) is 9.36 Å². The molecule has 35 heavy (non-hydrogen) atoms. The molecule has 2 unspecified atom stereocenters. The number of hydrogen-bond acceptors (Lipinski definition) is 5. The normalized spacial score (nSPS) is 18.6. The van der Waals surface area contributed by atoms with Crippen molar-refractivity contribution in [2.45, 2.75) is 58.7 Å². The maximum Gasteiger partial charge on any atom is 0.407 e. The average molecular weight is 477 g/mol. The summed E-state index contributed by atoms with van der Waals surface area (Å²) >= 11 is 0. The third-order valence-electron chi connectivity index (χ3n) is 6.60. The maximum absolute atomic E-state index is 13.5. The molecule has 0 bridgehead atoms. The molecular formula is C28H36N4O3. The highest BCUT2D eigenvalue weighted by Crippen LogP contribution is 2.34. The molecule has 0 aliphatic carbocycles. The van der Waals surface area contributed by atoms with Gasteiger partial charge in [-0.2, -0.15) is 0 Å². The van der Waals surface area contributed by atoms with E-state index in [1.54, 1.807) is 0 Å². The number of nitrogens with zero attached hydrogens (tertiary/aromatic N) is 3. The van der Waals surface area contributed by atoms with Crippen molar-refractivity contribution in [2.24, 2.45) is 5.41 Å². The van der Waals surface area contributed by atoms with E-state index in [4.69, 9.17) is 9.72 Å². The van der Waals surface area contributed by atoms with Crippen LogP contribution >= 0.6 is 0 Å². The zero-order chi connectivity index (χ0) is 25.0. The summed E-state index contributed by atoms with van der Waals surface area (Å²) in [4.78, 5) is 33.0. The van der Waals surface area contributed by atoms with Crippen molar-refractivity contribution in [1.82, 2.24) is 19.8 Å². The van der Waals surface area contributed by atoms with Crippen LogP contribution in [0.25, 0.3) is 10.9 Å². The van der Waals surface area contributed by atoms with Gasteiger partial charge in [-0.1, -0.05) is 63.2 Å². The second-order valence-corrected chi connectivity index (χ2v) is 10.7. The van der Waals surface area contributed by atoms with Crippen molar-refractivity contribution in [2.75, 3.05) is 20.1 Å². The third-order valence-corrected chi connectivity index (χ3v) is 6.60. The number of likely N-dealkylation sites (tertiary alicyclic amines) is 1. The highest BCUT2D eigenvalue weighted by atomic mass is 16.5. The largest absolute Gasteiger partial charge is 0.445 e. The number of likely N-dealkylation sites (N-methyl/N-ethyl adjacent to an activating group) is 1. The lowest BCUT2D eigenvalue weighted by Crippen LogP contribution is -2.37. The summed E-state index contributed by atoms with van der Waals surface area (Å²) in [5.41, 5.74) is 1.66. The first-order chi connectivity index (χ1) is 16.7. The quantitative estimate of drug-likeness (QED) is 0.542. The van der Waals surface area contributed by atoms with Crippen LogP contribution < -0.4 is 10.9 Å². The van der Waals surface area contributed by atoms with Gasteiger partial charge >= 0.3 is 6.09 Å². The molecule has 2 atom stereocenters. The fourth-order valence-electron chi connectivity index (χ4n) is 4.92. The summed E-state index contributed by atoms with van der Waals surface area (Å²) in [7, 11) is 2.10. The van der Waals surface area contributed by atoms with Crippen LogP contribution in [-0.2, 0) is 17.9 Å². The molecule has 0 radical (unpaired) electrons. The standard InChI is InChI=1S/C28H36N4O3/c1-28(2,3)19-32-25(30-23-13-9-8-12-21(23)26(32)33)22-15-17-31(4)24(22)14-16-29-27(34)35-18-20-10-6-5-7-11-20/h5-13,22,24H,14-19H2,1-4H3,(H,29,34). The monoisotopic (exact) mass is 476 g/mol. The molecule has 1 fully saturated rings. The molecule has 3 aromatic rings. The van der Waals surface area contributed by atoms with Gasteiger partial charge in [-0.15, -0.1) is 0 Å². The molecule has 1 N–H and O–H groups in total. The lowest BCUT2D eigenvalue weighted by molar-refractivity contribution is 0.138. The lowest BCUT2D eigenvalue weighted by atomic mass is 9.93. The van der Waals surface area contributed by atoms with E-state index >= 15 is 0 Å². The predicted molar refractivity (Wildman–Crippen MR) is 138 cm³/mol. The van der Waals surface area contributed by atoms with E-state index in [0.717, 1.165) is 36.3 Å². The Balaban J connectivity index is 1.49. The Labute approximate surface area is 207 Å². The van der Waals surface area contributed by atoms with Crippen molar-refractivity contribution in [3.8, 4) is 0 Å². The molecular weight excluding hydrogens is 440 g/mol. The zero-order valence-electron chi connectivity index (χ0n) is 21.2. The molecule has 1 saturated heterocycles. The first kappa shape index (κ1) is 24.9. The summed E-state index contributed by atoms with van der Waals surface area (Å²) in [6, 6.07) is 17.4. The Kier molecular flexibility index (Phi) is 7.55. The molecule has 186 valence electrons. The molecule has 7 nitrogen and oxygen atoms in total. The fraction of sp³-hybridized carbons (Fsp3) is 0.464. The van der Waals surface area contributed by atoms with Crippen LogP contribution in [0.2, 0.25) is 0 Å². The van der Waals surface area contributed by atoms with Crippen molar-refractivity contribution in [3.63, 3.8) is 0 Å². The van der Waals surface area contributed by atoms with E-state index in [-0.39, 0.29) is 29.5 Å². The van der Waals surface area contributed by atoms with Gasteiger partial charge in [0.25, 0.3) is 5.56 Å². The number of carbonyl (C=O) groups excluding carboxylic acids is 1. The van der Waals surface area contributed by atoms with Crippen molar-refractivity contribution >= 4 is 17.0 Å². The van der Waals surface area contributed by atoms with E-state index in [0.29, 0.717) is 18.5 Å². The highest BCUT2D eigenvalue weighted by molar-refractivity contribution is 5.77. The minimum Gasteiger partial charge on any atom is -0.445 e. The molecule has 1 aliphatic heterocycles. The number of alkyl carbamates (subject to hydrolysis) is 1. The van der Waals surface area contributed by atoms with Gasteiger partial charge in [0.15, 0.2) is 0 Å². The van der Waals surface area contributed by atoms with Gasteiger partial charge in [0.1, 0.15) is 12.4 Å². The molecule has 7 heteroatoms. The number of aromatic nitrogens is 2. The topological polar surface area (TPSA) is 76.5 Å². The van der Waals surface area contributed by atoms with Crippen LogP contribution in [0.5, 0.6) is 0 Å². The second kappa shape index (κ2) is 10.6. The first-order valence-corrected chi connectivity index (χ1v) is 12.4. The van der Waals surface area contributed by atoms with Crippen molar-refractivity contribution in [3.05, 3.63) is 76.3 Å². The van der Waals surface area contributed by atoms with Gasteiger partial charge in [-0.25, -0.2) is 9.78 Å².